The molecular weight excluding hydrogens is 306 g/mol. The van der Waals surface area contributed by atoms with Gasteiger partial charge >= 0.3 is 5.97 Å². The Hall–Kier alpha value is -2.41. The topological polar surface area (TPSA) is 91.8 Å². The fraction of sp³-hybridized carbons (Fsp3) is 0.200. The minimum atomic E-state index is -4.17. The van der Waals surface area contributed by atoms with E-state index in [1.165, 1.54) is 12.1 Å². The number of sulfonamides is 1. The second-order valence-corrected chi connectivity index (χ2v) is 6.91. The van der Waals surface area contributed by atoms with Gasteiger partial charge in [0.05, 0.1) is 4.90 Å². The molecule has 1 aliphatic rings. The van der Waals surface area contributed by atoms with E-state index in [0.29, 0.717) is 9.69 Å². The van der Waals surface area contributed by atoms with Crippen LogP contribution in [0.25, 0.3) is 10.8 Å². The smallest absolute Gasteiger partial charge is 0.327 e. The van der Waals surface area contributed by atoms with E-state index in [9.17, 15) is 18.0 Å². The van der Waals surface area contributed by atoms with Gasteiger partial charge in [0.2, 0.25) is 5.91 Å². The molecule has 0 unspecified atom stereocenters. The normalized spacial score (nSPS) is 18.8. The third-order valence-corrected chi connectivity index (χ3v) is 5.55. The maximum atomic E-state index is 12.6. The highest BCUT2D eigenvalue weighted by Gasteiger charge is 2.44. The molecule has 0 radical (unpaired) electrons. The predicted molar refractivity (Wildman–Crippen MR) is 78.6 cm³/mol. The summed E-state index contributed by atoms with van der Waals surface area (Å²) in [5.74, 6) is -1.99. The lowest BCUT2D eigenvalue weighted by Gasteiger charge is -2.21. The van der Waals surface area contributed by atoms with Crippen LogP contribution in [0.2, 0.25) is 0 Å². The van der Waals surface area contributed by atoms with Crippen LogP contribution in [-0.4, -0.2) is 35.7 Å². The summed E-state index contributed by atoms with van der Waals surface area (Å²) in [5.41, 5.74) is 0. The van der Waals surface area contributed by atoms with E-state index in [0.717, 1.165) is 5.39 Å². The summed E-state index contributed by atoms with van der Waals surface area (Å²) in [7, 11) is -4.17. The van der Waals surface area contributed by atoms with E-state index >= 15 is 0 Å². The first-order chi connectivity index (χ1) is 10.4. The van der Waals surface area contributed by atoms with Crippen molar-refractivity contribution in [2.45, 2.75) is 23.8 Å². The molecule has 0 bridgehead atoms. The van der Waals surface area contributed by atoms with Crippen LogP contribution in [0.15, 0.2) is 47.4 Å². The van der Waals surface area contributed by atoms with Gasteiger partial charge in [-0.3, -0.25) is 4.79 Å². The van der Waals surface area contributed by atoms with Crippen molar-refractivity contribution in [1.29, 1.82) is 0 Å². The van der Waals surface area contributed by atoms with Crippen LogP contribution in [0, 0.1) is 0 Å². The minimum Gasteiger partial charge on any atom is -0.480 e. The van der Waals surface area contributed by atoms with Crippen LogP contribution in [0.5, 0.6) is 0 Å². The van der Waals surface area contributed by atoms with Crippen LogP contribution < -0.4 is 0 Å². The number of nitrogens with zero attached hydrogens (tertiary/aromatic N) is 1. The zero-order chi connectivity index (χ0) is 15.9. The van der Waals surface area contributed by atoms with Crippen LogP contribution >= 0.6 is 0 Å². The van der Waals surface area contributed by atoms with Crippen LogP contribution in [0.4, 0.5) is 0 Å². The molecule has 114 valence electrons. The third kappa shape index (κ3) is 2.23. The molecule has 3 rings (SSSR count). The van der Waals surface area contributed by atoms with Crippen molar-refractivity contribution in [3.8, 4) is 0 Å². The molecule has 2 aromatic carbocycles. The van der Waals surface area contributed by atoms with Crippen molar-refractivity contribution >= 4 is 32.7 Å². The summed E-state index contributed by atoms with van der Waals surface area (Å²) in [6.07, 6.45) is -0.0786. The number of aliphatic carboxylic acids is 1. The Bertz CT molecular complexity index is 874. The highest BCUT2D eigenvalue weighted by atomic mass is 32.2. The molecule has 1 aliphatic heterocycles. The molecule has 1 heterocycles. The Morgan fingerprint density at radius 3 is 2.50 bits per heavy atom. The second kappa shape index (κ2) is 5.10. The number of fused-ring (bicyclic) bond motifs is 1. The molecule has 22 heavy (non-hydrogen) atoms. The molecule has 6 nitrogen and oxygen atoms in total. The van der Waals surface area contributed by atoms with E-state index in [1.54, 1.807) is 18.2 Å². The lowest BCUT2D eigenvalue weighted by molar-refractivity contribution is -0.143. The van der Waals surface area contributed by atoms with E-state index in [4.69, 9.17) is 5.11 Å². The zero-order valence-electron chi connectivity index (χ0n) is 11.5. The van der Waals surface area contributed by atoms with E-state index < -0.39 is 27.9 Å². The van der Waals surface area contributed by atoms with E-state index in [-0.39, 0.29) is 17.7 Å². The summed E-state index contributed by atoms with van der Waals surface area (Å²) in [6.45, 7) is 0. The van der Waals surface area contributed by atoms with Crippen molar-refractivity contribution in [3.63, 3.8) is 0 Å². The van der Waals surface area contributed by atoms with Crippen molar-refractivity contribution in [2.24, 2.45) is 0 Å². The average molecular weight is 319 g/mol. The number of carbonyl (C=O) groups excluding carboxylic acids is 1. The number of amides is 1. The SMILES string of the molecule is O=C(O)[C@@H]1CCC(=O)N1S(=O)(=O)c1ccc2ccccc2c1. The average Bonchev–Trinajstić information content (AvgIpc) is 2.89. The lowest BCUT2D eigenvalue weighted by atomic mass is 10.1. The van der Waals surface area contributed by atoms with Gasteiger partial charge in [-0.2, -0.15) is 0 Å². The quantitative estimate of drug-likeness (QED) is 0.928. The first-order valence-electron chi connectivity index (χ1n) is 6.70. The summed E-state index contributed by atoms with van der Waals surface area (Å²) in [6, 6.07) is 10.4. The Kier molecular flexibility index (Phi) is 3.37. The van der Waals surface area contributed by atoms with Crippen LogP contribution in [0.1, 0.15) is 12.8 Å². The molecule has 1 amide bonds. The van der Waals surface area contributed by atoms with Gasteiger partial charge in [0, 0.05) is 6.42 Å². The highest BCUT2D eigenvalue weighted by molar-refractivity contribution is 7.89. The number of rotatable bonds is 3. The fourth-order valence-corrected chi connectivity index (χ4v) is 4.26. The molecule has 2 aromatic rings. The number of carbonyl (C=O) groups is 2. The number of benzene rings is 2. The molecule has 0 saturated carbocycles. The summed E-state index contributed by atoms with van der Waals surface area (Å²) in [4.78, 5) is 23.0. The number of carboxylic acids is 1. The van der Waals surface area contributed by atoms with Crippen molar-refractivity contribution in [1.82, 2.24) is 4.31 Å². The van der Waals surface area contributed by atoms with E-state index in [1.807, 2.05) is 12.1 Å². The summed E-state index contributed by atoms with van der Waals surface area (Å²) in [5, 5.41) is 10.7. The van der Waals surface area contributed by atoms with Gasteiger partial charge in [-0.1, -0.05) is 30.3 Å². The highest BCUT2D eigenvalue weighted by Crippen LogP contribution is 2.29. The Labute approximate surface area is 127 Å². The monoisotopic (exact) mass is 319 g/mol. The molecule has 1 fully saturated rings. The maximum absolute atomic E-state index is 12.6. The number of carboxylic acid groups (broad SMARTS) is 1. The summed E-state index contributed by atoms with van der Waals surface area (Å²) >= 11 is 0. The van der Waals surface area contributed by atoms with Gasteiger partial charge in [0.1, 0.15) is 6.04 Å². The first-order valence-corrected chi connectivity index (χ1v) is 8.14. The minimum absolute atomic E-state index is 0.000970. The van der Waals surface area contributed by atoms with Crippen molar-refractivity contribution < 1.29 is 23.1 Å². The molecule has 7 heteroatoms. The molecule has 0 spiro atoms. The first kappa shape index (κ1) is 14.5. The molecule has 1 atom stereocenters. The Balaban J connectivity index is 2.11. The van der Waals surface area contributed by atoms with Crippen molar-refractivity contribution in [3.05, 3.63) is 42.5 Å². The molecule has 0 aromatic heterocycles. The number of hydrogen-bond acceptors (Lipinski definition) is 4. The Morgan fingerprint density at radius 1 is 1.14 bits per heavy atom. The standard InChI is InChI=1S/C15H13NO5S/c17-14-8-7-13(15(18)19)16(14)22(20,21)12-6-5-10-3-1-2-4-11(10)9-12/h1-6,9,13H,7-8H2,(H,18,19)/t13-/m0/s1. The molecule has 1 saturated heterocycles. The zero-order valence-corrected chi connectivity index (χ0v) is 12.3. The van der Waals surface area contributed by atoms with Crippen molar-refractivity contribution in [2.75, 3.05) is 0 Å². The maximum Gasteiger partial charge on any atom is 0.327 e. The number of hydrogen-bond donors (Lipinski definition) is 1. The molecule has 1 N–H and O–H groups in total. The van der Waals surface area contributed by atoms with Crippen LogP contribution in [-0.2, 0) is 19.6 Å². The largest absolute Gasteiger partial charge is 0.480 e. The second-order valence-electron chi connectivity index (χ2n) is 5.10. The predicted octanol–water partition coefficient (Wildman–Crippen LogP) is 1.60. The molecular formula is C15H13NO5S. The van der Waals surface area contributed by atoms with Gasteiger partial charge < -0.3 is 5.11 Å². The van der Waals surface area contributed by atoms with E-state index in [2.05, 4.69) is 0 Å². The summed E-state index contributed by atoms with van der Waals surface area (Å²) < 4.78 is 25.8. The van der Waals surface area contributed by atoms with Gasteiger partial charge in [-0.25, -0.2) is 17.5 Å². The lowest BCUT2D eigenvalue weighted by Crippen LogP contribution is -2.42. The fourth-order valence-electron chi connectivity index (χ4n) is 2.63. The third-order valence-electron chi connectivity index (χ3n) is 3.72. The van der Waals surface area contributed by atoms with Gasteiger partial charge in [-0.05, 0) is 29.3 Å². The van der Waals surface area contributed by atoms with Crippen LogP contribution in [0.3, 0.4) is 0 Å². The van der Waals surface area contributed by atoms with Gasteiger partial charge in [-0.15, -0.1) is 0 Å². The Morgan fingerprint density at radius 2 is 1.82 bits per heavy atom. The van der Waals surface area contributed by atoms with Gasteiger partial charge in [0.25, 0.3) is 10.0 Å². The molecule has 0 aliphatic carbocycles. The van der Waals surface area contributed by atoms with Gasteiger partial charge in [0.15, 0.2) is 0 Å².